The van der Waals surface area contributed by atoms with E-state index in [1.165, 1.54) is 0 Å². The fourth-order valence-corrected chi connectivity index (χ4v) is 1.13. The zero-order valence-corrected chi connectivity index (χ0v) is 11.3. The lowest BCUT2D eigenvalue weighted by Gasteiger charge is -2.22. The summed E-state index contributed by atoms with van der Waals surface area (Å²) >= 11 is 0. The van der Waals surface area contributed by atoms with Gasteiger partial charge in [0.2, 0.25) is 0 Å². The average Bonchev–Trinajstić information content (AvgIpc) is 2.20. The normalized spacial score (nSPS) is 13.5. The number of nitrogens with one attached hydrogen (secondary N) is 1. The summed E-state index contributed by atoms with van der Waals surface area (Å²) in [5.74, 6) is -0.242. The quantitative estimate of drug-likeness (QED) is 0.488. The van der Waals surface area contributed by atoms with E-state index in [4.69, 9.17) is 14.6 Å². The molecule has 0 heterocycles. The van der Waals surface area contributed by atoms with Gasteiger partial charge in [-0.3, -0.25) is 4.79 Å². The van der Waals surface area contributed by atoms with Crippen LogP contribution >= 0.6 is 0 Å². The summed E-state index contributed by atoms with van der Waals surface area (Å²) in [6.07, 6.45) is 0.799. The second-order valence-corrected chi connectivity index (χ2v) is 4.90. The minimum Gasteiger partial charge on any atom is -0.459 e. The first-order chi connectivity index (χ1) is 7.87. The molecule has 0 aromatic heterocycles. The van der Waals surface area contributed by atoms with Crippen LogP contribution in [0.3, 0.4) is 0 Å². The topological polar surface area (TPSA) is 67.8 Å². The number of aliphatic hydroxyl groups excluding tert-OH is 1. The van der Waals surface area contributed by atoms with Crippen molar-refractivity contribution in [3.63, 3.8) is 0 Å². The molecule has 0 aliphatic heterocycles. The third kappa shape index (κ3) is 10.2. The van der Waals surface area contributed by atoms with E-state index in [1.807, 2.05) is 20.8 Å². The van der Waals surface area contributed by atoms with E-state index < -0.39 is 5.60 Å². The van der Waals surface area contributed by atoms with Crippen molar-refractivity contribution >= 4 is 5.97 Å². The highest BCUT2D eigenvalue weighted by atomic mass is 16.6. The first kappa shape index (κ1) is 16.4. The van der Waals surface area contributed by atoms with Crippen molar-refractivity contribution in [2.75, 3.05) is 26.4 Å². The summed E-state index contributed by atoms with van der Waals surface area (Å²) in [6.45, 7) is 8.99. The second-order valence-electron chi connectivity index (χ2n) is 4.90. The summed E-state index contributed by atoms with van der Waals surface area (Å²) in [7, 11) is 0. The highest BCUT2D eigenvalue weighted by molar-refractivity contribution is 5.75. The second kappa shape index (κ2) is 8.44. The molecule has 0 bridgehead atoms. The van der Waals surface area contributed by atoms with Crippen molar-refractivity contribution in [1.29, 1.82) is 0 Å². The Morgan fingerprint density at radius 2 is 2.00 bits per heavy atom. The highest BCUT2D eigenvalue weighted by Crippen LogP contribution is 2.08. The number of rotatable bonds is 8. The Labute approximate surface area is 103 Å². The Morgan fingerprint density at radius 3 is 2.53 bits per heavy atom. The van der Waals surface area contributed by atoms with Crippen molar-refractivity contribution in [3.8, 4) is 0 Å². The van der Waals surface area contributed by atoms with Gasteiger partial charge in [0, 0.05) is 6.61 Å². The van der Waals surface area contributed by atoms with Crippen molar-refractivity contribution in [1.82, 2.24) is 5.32 Å². The molecule has 0 saturated carbocycles. The summed E-state index contributed by atoms with van der Waals surface area (Å²) in [5, 5.41) is 11.6. The molecule has 0 fully saturated rings. The van der Waals surface area contributed by atoms with Gasteiger partial charge >= 0.3 is 5.97 Å². The molecule has 0 aromatic carbocycles. The fourth-order valence-electron chi connectivity index (χ4n) is 1.13. The van der Waals surface area contributed by atoms with Crippen LogP contribution in [0.1, 0.15) is 34.1 Å². The lowest BCUT2D eigenvalue weighted by atomic mass is 10.2. The van der Waals surface area contributed by atoms with Crippen LogP contribution in [0.15, 0.2) is 0 Å². The van der Waals surface area contributed by atoms with Crippen molar-refractivity contribution in [2.24, 2.45) is 0 Å². The molecule has 5 nitrogen and oxygen atoms in total. The first-order valence-electron chi connectivity index (χ1n) is 6.01. The van der Waals surface area contributed by atoms with E-state index in [1.54, 1.807) is 6.92 Å². The van der Waals surface area contributed by atoms with Crippen LogP contribution in [-0.2, 0) is 14.3 Å². The molecule has 0 radical (unpaired) electrons. The van der Waals surface area contributed by atoms with Gasteiger partial charge in [-0.15, -0.1) is 0 Å². The maximum Gasteiger partial charge on any atom is 0.323 e. The molecule has 5 heteroatoms. The van der Waals surface area contributed by atoms with Crippen LogP contribution in [0.2, 0.25) is 0 Å². The van der Waals surface area contributed by atoms with Gasteiger partial charge in [0.05, 0.1) is 13.2 Å². The molecule has 102 valence electrons. The van der Waals surface area contributed by atoms with Crippen LogP contribution in [-0.4, -0.2) is 49.1 Å². The Morgan fingerprint density at radius 1 is 1.35 bits per heavy atom. The first-order valence-corrected chi connectivity index (χ1v) is 6.01. The van der Waals surface area contributed by atoms with Crippen molar-refractivity contribution < 1.29 is 19.4 Å². The van der Waals surface area contributed by atoms with Gasteiger partial charge < -0.3 is 19.9 Å². The number of carbonyl (C=O) groups excluding carboxylic acids is 1. The molecule has 0 rings (SSSR count). The van der Waals surface area contributed by atoms with E-state index >= 15 is 0 Å². The molecule has 0 aliphatic rings. The van der Waals surface area contributed by atoms with E-state index in [9.17, 15) is 4.79 Å². The summed E-state index contributed by atoms with van der Waals surface area (Å²) < 4.78 is 10.3. The van der Waals surface area contributed by atoms with Gasteiger partial charge in [-0.1, -0.05) is 0 Å². The molecular weight excluding hydrogens is 222 g/mol. The molecule has 0 saturated heterocycles. The van der Waals surface area contributed by atoms with E-state index in [0.717, 1.165) is 6.42 Å². The molecule has 2 N–H and O–H groups in total. The molecule has 0 aliphatic carbocycles. The third-order valence-electron chi connectivity index (χ3n) is 1.91. The number of esters is 1. The minimum atomic E-state index is -0.447. The van der Waals surface area contributed by atoms with E-state index in [0.29, 0.717) is 19.8 Å². The molecule has 0 spiro atoms. The molecule has 0 amide bonds. The molecule has 1 atom stereocenters. The SMILES string of the molecule is CC(NCCCOCCO)C(=O)OC(C)(C)C. The van der Waals surface area contributed by atoms with Gasteiger partial charge in [-0.05, 0) is 40.7 Å². The Balaban J connectivity index is 3.58. The Hall–Kier alpha value is -0.650. The maximum absolute atomic E-state index is 11.6. The lowest BCUT2D eigenvalue weighted by Crippen LogP contribution is -2.39. The zero-order chi connectivity index (χ0) is 13.3. The number of aliphatic hydroxyl groups is 1. The van der Waals surface area contributed by atoms with Gasteiger partial charge in [-0.25, -0.2) is 0 Å². The number of ether oxygens (including phenoxy) is 2. The number of hydrogen-bond acceptors (Lipinski definition) is 5. The average molecular weight is 247 g/mol. The molecular formula is C12H25NO4. The summed E-state index contributed by atoms with van der Waals surface area (Å²) in [5.41, 5.74) is -0.447. The third-order valence-corrected chi connectivity index (χ3v) is 1.91. The Bertz CT molecular complexity index is 213. The number of hydrogen-bond donors (Lipinski definition) is 2. The van der Waals surface area contributed by atoms with Gasteiger partial charge in [-0.2, -0.15) is 0 Å². The molecule has 17 heavy (non-hydrogen) atoms. The van der Waals surface area contributed by atoms with E-state index in [2.05, 4.69) is 5.32 Å². The Kier molecular flexibility index (Phi) is 8.12. The standard InChI is InChI=1S/C12H25NO4/c1-10(11(15)17-12(2,3)4)13-6-5-8-16-9-7-14/h10,13-14H,5-9H2,1-4H3. The highest BCUT2D eigenvalue weighted by Gasteiger charge is 2.20. The van der Waals surface area contributed by atoms with Gasteiger partial charge in [0.15, 0.2) is 0 Å². The predicted octanol–water partition coefficient (Wildman–Crippen LogP) is 0.705. The zero-order valence-electron chi connectivity index (χ0n) is 11.3. The predicted molar refractivity (Wildman–Crippen MR) is 65.8 cm³/mol. The lowest BCUT2D eigenvalue weighted by molar-refractivity contribution is -0.156. The van der Waals surface area contributed by atoms with Gasteiger partial charge in [0.1, 0.15) is 11.6 Å². The van der Waals surface area contributed by atoms with Crippen LogP contribution in [0, 0.1) is 0 Å². The summed E-state index contributed by atoms with van der Waals surface area (Å²) in [6, 6.07) is -0.313. The van der Waals surface area contributed by atoms with Crippen LogP contribution < -0.4 is 5.32 Å². The monoisotopic (exact) mass is 247 g/mol. The largest absolute Gasteiger partial charge is 0.459 e. The van der Waals surface area contributed by atoms with Crippen LogP contribution in [0.25, 0.3) is 0 Å². The number of carbonyl (C=O) groups is 1. The van der Waals surface area contributed by atoms with Crippen LogP contribution in [0.5, 0.6) is 0 Å². The van der Waals surface area contributed by atoms with Gasteiger partial charge in [0.25, 0.3) is 0 Å². The summed E-state index contributed by atoms with van der Waals surface area (Å²) in [4.78, 5) is 11.6. The smallest absolute Gasteiger partial charge is 0.323 e. The minimum absolute atomic E-state index is 0.0434. The van der Waals surface area contributed by atoms with Crippen molar-refractivity contribution in [3.05, 3.63) is 0 Å². The molecule has 1 unspecified atom stereocenters. The maximum atomic E-state index is 11.6. The molecule has 0 aromatic rings. The fraction of sp³-hybridized carbons (Fsp3) is 0.917. The van der Waals surface area contributed by atoms with Crippen molar-refractivity contribution in [2.45, 2.75) is 45.8 Å². The van der Waals surface area contributed by atoms with E-state index in [-0.39, 0.29) is 18.6 Å². The van der Waals surface area contributed by atoms with Crippen LogP contribution in [0.4, 0.5) is 0 Å².